The molecule has 3 aliphatic rings. The largest absolute Gasteiger partial charge is 0.490 e. The number of piperidine rings is 1. The average molecular weight is 690 g/mol. The van der Waals surface area contributed by atoms with Gasteiger partial charge in [0.2, 0.25) is 0 Å². The maximum absolute atomic E-state index is 13.4. The minimum Gasteiger partial charge on any atom is -0.475 e. The number of alkyl halides is 9. The van der Waals surface area contributed by atoms with Crippen LogP contribution in [0.4, 0.5) is 43.9 Å². The number of hydrogen-bond acceptors (Lipinski definition) is 7. The van der Waals surface area contributed by atoms with Gasteiger partial charge in [0.05, 0.1) is 12.7 Å². The summed E-state index contributed by atoms with van der Waals surface area (Å²) in [6.07, 6.45) is -13.7. The molecule has 0 saturated carbocycles. The number of piperazine rings is 1. The molecule has 0 radical (unpaired) electrons. The van der Waals surface area contributed by atoms with Crippen LogP contribution in [0.3, 0.4) is 0 Å². The highest BCUT2D eigenvalue weighted by Gasteiger charge is 2.42. The molecule has 0 unspecified atom stereocenters. The fourth-order valence-corrected chi connectivity index (χ4v) is 4.61. The molecule has 3 aliphatic heterocycles. The third-order valence-electron chi connectivity index (χ3n) is 6.95. The number of carbonyl (C=O) groups is 3. The number of ether oxygens (including phenoxy) is 1. The van der Waals surface area contributed by atoms with Gasteiger partial charge in [-0.3, -0.25) is 9.80 Å². The van der Waals surface area contributed by atoms with E-state index in [1.165, 1.54) is 12.5 Å². The van der Waals surface area contributed by atoms with Gasteiger partial charge in [-0.25, -0.2) is 18.8 Å². The Balaban J connectivity index is 0.000000413. The first kappa shape index (κ1) is 40.8. The summed E-state index contributed by atoms with van der Waals surface area (Å²) in [6, 6.07) is 7.03. The van der Waals surface area contributed by atoms with Crippen molar-refractivity contribution >= 4 is 17.9 Å². The lowest BCUT2D eigenvalue weighted by molar-refractivity contribution is -0.193. The van der Waals surface area contributed by atoms with E-state index in [1.54, 1.807) is 6.07 Å². The molecule has 264 valence electrons. The maximum Gasteiger partial charge on any atom is 0.490 e. The second kappa shape index (κ2) is 17.6. The number of nitrogens with zero attached hydrogens (tertiary/aromatic N) is 3. The van der Waals surface area contributed by atoms with E-state index in [1.807, 2.05) is 12.1 Å². The van der Waals surface area contributed by atoms with E-state index in [9.17, 15) is 43.9 Å². The molecule has 0 amide bonds. The average Bonchev–Trinajstić information content (AvgIpc) is 3.31. The Morgan fingerprint density at radius 2 is 1.28 bits per heavy atom. The quantitative estimate of drug-likeness (QED) is 0.402. The number of fused-ring (bicyclic) bond motifs is 1. The molecule has 3 N–H and O–H groups in total. The summed E-state index contributed by atoms with van der Waals surface area (Å²) in [5.74, 6) is -7.07. The Bertz CT molecular complexity index is 1070. The van der Waals surface area contributed by atoms with Gasteiger partial charge in [-0.15, -0.1) is 0 Å². The zero-order valence-electron chi connectivity index (χ0n) is 24.2. The number of halogens is 10. The lowest BCUT2D eigenvalue weighted by Crippen LogP contribution is -2.49. The van der Waals surface area contributed by atoms with E-state index >= 15 is 0 Å². The molecular weight excluding hydrogens is 656 g/mol. The first-order valence-electron chi connectivity index (χ1n) is 13.4. The number of likely N-dealkylation sites (N-methyl/N-ethyl adjacent to an activating group) is 1. The molecule has 1 aromatic rings. The van der Waals surface area contributed by atoms with Crippen molar-refractivity contribution in [2.45, 2.75) is 37.6 Å². The van der Waals surface area contributed by atoms with Crippen LogP contribution in [-0.4, -0.2) is 132 Å². The van der Waals surface area contributed by atoms with E-state index in [-0.39, 0.29) is 5.82 Å². The lowest BCUT2D eigenvalue weighted by Gasteiger charge is -2.38. The Morgan fingerprint density at radius 1 is 0.804 bits per heavy atom. The van der Waals surface area contributed by atoms with Gasteiger partial charge in [-0.2, -0.15) is 39.5 Å². The van der Waals surface area contributed by atoms with Gasteiger partial charge in [0, 0.05) is 51.7 Å². The molecule has 0 spiro atoms. The van der Waals surface area contributed by atoms with Crippen LogP contribution in [0.25, 0.3) is 0 Å². The predicted octanol–water partition coefficient (Wildman–Crippen LogP) is 3.81. The number of hydrogen-bond donors (Lipinski definition) is 3. The smallest absolute Gasteiger partial charge is 0.475 e. The zero-order chi connectivity index (χ0) is 35.5. The van der Waals surface area contributed by atoms with Gasteiger partial charge >= 0.3 is 36.4 Å². The third kappa shape index (κ3) is 15.4. The van der Waals surface area contributed by atoms with Crippen molar-refractivity contribution in [1.29, 1.82) is 0 Å². The monoisotopic (exact) mass is 689 g/mol. The topological polar surface area (TPSA) is 131 Å². The van der Waals surface area contributed by atoms with Crippen LogP contribution in [-0.2, 0) is 25.7 Å². The summed E-state index contributed by atoms with van der Waals surface area (Å²) in [5, 5.41) is 21.4. The van der Waals surface area contributed by atoms with Crippen molar-refractivity contribution < 1.29 is 78.3 Å². The van der Waals surface area contributed by atoms with Crippen molar-refractivity contribution in [2.75, 3.05) is 59.5 Å². The fraction of sp³-hybridized carbons (Fsp3) is 0.654. The maximum atomic E-state index is 13.4. The number of benzene rings is 1. The molecule has 3 heterocycles. The highest BCUT2D eigenvalue weighted by molar-refractivity contribution is 5.73. The van der Waals surface area contributed by atoms with E-state index in [4.69, 9.17) is 34.4 Å². The van der Waals surface area contributed by atoms with Crippen LogP contribution in [0.2, 0.25) is 0 Å². The zero-order valence-corrected chi connectivity index (χ0v) is 24.2. The number of carboxylic acids is 3. The van der Waals surface area contributed by atoms with Crippen molar-refractivity contribution in [1.82, 2.24) is 14.7 Å². The molecule has 0 bridgehead atoms. The number of likely N-dealkylation sites (tertiary alicyclic amines) is 1. The standard InChI is InChI=1S/C20H30FN3O.3C2HF3O2/c1-22-7-9-23(10-8-22)14-20-19-13-24(6-5-17(19)15-25-20)12-16-3-2-4-18(21)11-16;3*3-2(4,5)1(6)7/h2-4,11,17,19-20H,5-10,12-15H2,1H3;3*(H,6,7)/t17-,19-,20+;;;/m0.../s1. The normalized spacial score (nSPS) is 22.5. The van der Waals surface area contributed by atoms with Gasteiger partial charge in [0.25, 0.3) is 0 Å². The second-order valence-corrected chi connectivity index (χ2v) is 10.5. The van der Waals surface area contributed by atoms with Crippen molar-refractivity contribution in [3.8, 4) is 0 Å². The van der Waals surface area contributed by atoms with E-state index in [0.29, 0.717) is 17.9 Å². The molecule has 46 heavy (non-hydrogen) atoms. The number of rotatable bonds is 4. The highest BCUT2D eigenvalue weighted by Crippen LogP contribution is 2.35. The Labute approximate surface area is 256 Å². The van der Waals surface area contributed by atoms with Gasteiger partial charge in [0.15, 0.2) is 0 Å². The SMILES string of the molecule is CN1CCN(C[C@H]2OC[C@@H]3CCN(Cc4cccc(F)c4)C[C@@H]32)CC1.O=C(O)C(F)(F)F.O=C(O)C(F)(F)F.O=C(O)C(F)(F)F. The second-order valence-electron chi connectivity index (χ2n) is 10.5. The molecule has 0 aromatic heterocycles. The van der Waals surface area contributed by atoms with Gasteiger partial charge in [-0.1, -0.05) is 12.1 Å². The lowest BCUT2D eigenvalue weighted by atomic mass is 9.84. The summed E-state index contributed by atoms with van der Waals surface area (Å²) in [7, 11) is 2.20. The molecule has 4 rings (SSSR count). The number of aliphatic carboxylic acids is 3. The van der Waals surface area contributed by atoms with Gasteiger partial charge in [0.1, 0.15) is 5.82 Å². The first-order valence-corrected chi connectivity index (χ1v) is 13.4. The minimum absolute atomic E-state index is 0.135. The molecule has 3 atom stereocenters. The van der Waals surface area contributed by atoms with Crippen LogP contribution in [0.1, 0.15) is 12.0 Å². The molecule has 3 fully saturated rings. The van der Waals surface area contributed by atoms with Crippen LogP contribution in [0, 0.1) is 17.7 Å². The Hall–Kier alpha value is -3.23. The minimum atomic E-state index is -5.08. The Morgan fingerprint density at radius 3 is 1.72 bits per heavy atom. The van der Waals surface area contributed by atoms with Crippen LogP contribution in [0.5, 0.6) is 0 Å². The molecule has 1 aromatic carbocycles. The van der Waals surface area contributed by atoms with Crippen LogP contribution >= 0.6 is 0 Å². The molecule has 20 heteroatoms. The predicted molar refractivity (Wildman–Crippen MR) is 138 cm³/mol. The van der Waals surface area contributed by atoms with Crippen molar-refractivity contribution in [3.63, 3.8) is 0 Å². The number of carboxylic acid groups (broad SMARTS) is 3. The van der Waals surface area contributed by atoms with E-state index in [2.05, 4.69) is 21.7 Å². The third-order valence-corrected chi connectivity index (χ3v) is 6.95. The van der Waals surface area contributed by atoms with Crippen LogP contribution < -0.4 is 0 Å². The Kier molecular flexibility index (Phi) is 15.6. The van der Waals surface area contributed by atoms with Crippen molar-refractivity contribution in [3.05, 3.63) is 35.6 Å². The first-order chi connectivity index (χ1) is 21.0. The highest BCUT2D eigenvalue weighted by atomic mass is 19.4. The fourth-order valence-electron chi connectivity index (χ4n) is 4.61. The summed E-state index contributed by atoms with van der Waals surface area (Å²) in [6.45, 7) is 9.66. The van der Waals surface area contributed by atoms with E-state index < -0.39 is 36.4 Å². The summed E-state index contributed by atoms with van der Waals surface area (Å²) < 4.78 is 115. The molecule has 3 saturated heterocycles. The van der Waals surface area contributed by atoms with E-state index in [0.717, 1.165) is 64.5 Å². The summed E-state index contributed by atoms with van der Waals surface area (Å²) >= 11 is 0. The van der Waals surface area contributed by atoms with Gasteiger partial charge in [-0.05, 0) is 43.6 Å². The van der Waals surface area contributed by atoms with Crippen LogP contribution in [0.15, 0.2) is 24.3 Å². The summed E-state index contributed by atoms with van der Waals surface area (Å²) in [4.78, 5) is 34.1. The van der Waals surface area contributed by atoms with Crippen molar-refractivity contribution in [2.24, 2.45) is 11.8 Å². The van der Waals surface area contributed by atoms with Gasteiger partial charge < -0.3 is 25.0 Å². The summed E-state index contributed by atoms with van der Waals surface area (Å²) in [5.41, 5.74) is 1.08. The molecule has 0 aliphatic carbocycles. The molecular formula is C26H33F10N3O7. The molecule has 10 nitrogen and oxygen atoms in total.